The van der Waals surface area contributed by atoms with Gasteiger partial charge < -0.3 is 24.1 Å². The fraction of sp³-hybridized carbons (Fsp3) is 0.522. The van der Waals surface area contributed by atoms with Crippen LogP contribution in [0.15, 0.2) is 45.8 Å². The van der Waals surface area contributed by atoms with Gasteiger partial charge in [0, 0.05) is 63.4 Å². The van der Waals surface area contributed by atoms with Crippen molar-refractivity contribution in [1.29, 1.82) is 0 Å². The number of hydrogen-bond donors (Lipinski definition) is 1. The molecule has 8 nitrogen and oxygen atoms in total. The van der Waals surface area contributed by atoms with Gasteiger partial charge in [-0.05, 0) is 30.5 Å². The van der Waals surface area contributed by atoms with Crippen LogP contribution in [0.3, 0.4) is 0 Å². The molecule has 2 bridgehead atoms. The van der Waals surface area contributed by atoms with Gasteiger partial charge in [-0.2, -0.15) is 0 Å². The predicted octanol–water partition coefficient (Wildman–Crippen LogP) is 1.03. The zero-order chi connectivity index (χ0) is 21.4. The van der Waals surface area contributed by atoms with Crippen LogP contribution in [-0.2, 0) is 22.7 Å². The number of nitrogens with zero attached hydrogens (tertiary/aromatic N) is 3. The van der Waals surface area contributed by atoms with Gasteiger partial charge >= 0.3 is 0 Å². The molecular weight excluding hydrogens is 396 g/mol. The number of likely N-dealkylation sites (tertiary alicyclic amines) is 2. The number of rotatable bonds is 6. The number of pyridine rings is 1. The largest absolute Gasteiger partial charge is 0.467 e. The summed E-state index contributed by atoms with van der Waals surface area (Å²) in [6.07, 6.45) is 2.97. The second kappa shape index (κ2) is 8.34. The summed E-state index contributed by atoms with van der Waals surface area (Å²) >= 11 is 0. The molecule has 8 heteroatoms. The van der Waals surface area contributed by atoms with Gasteiger partial charge in [0.15, 0.2) is 0 Å². The number of amides is 2. The molecule has 2 saturated heterocycles. The van der Waals surface area contributed by atoms with E-state index in [-0.39, 0.29) is 29.7 Å². The summed E-state index contributed by atoms with van der Waals surface area (Å²) in [6.45, 7) is 4.85. The van der Waals surface area contributed by atoms with Crippen molar-refractivity contribution in [1.82, 2.24) is 19.7 Å². The normalized spacial score (nSPS) is 25.5. The summed E-state index contributed by atoms with van der Waals surface area (Å²) in [7, 11) is 0. The topological polar surface area (TPSA) is 87.8 Å². The third-order valence-corrected chi connectivity index (χ3v) is 6.79. The first kappa shape index (κ1) is 20.1. The van der Waals surface area contributed by atoms with Crippen LogP contribution in [-0.4, -0.2) is 58.9 Å². The Labute approximate surface area is 180 Å². The summed E-state index contributed by atoms with van der Waals surface area (Å²) in [5.74, 6) is 1.22. The van der Waals surface area contributed by atoms with Gasteiger partial charge in [0.1, 0.15) is 5.76 Å². The maximum absolute atomic E-state index is 12.6. The van der Waals surface area contributed by atoms with Gasteiger partial charge in [-0.15, -0.1) is 0 Å². The monoisotopic (exact) mass is 424 g/mol. The Balaban J connectivity index is 1.11. The van der Waals surface area contributed by atoms with Crippen LogP contribution in [0.1, 0.15) is 30.2 Å². The lowest BCUT2D eigenvalue weighted by atomic mass is 9.83. The molecule has 0 aromatic carbocycles. The molecule has 3 unspecified atom stereocenters. The van der Waals surface area contributed by atoms with Crippen LogP contribution >= 0.6 is 0 Å². The van der Waals surface area contributed by atoms with E-state index in [0.29, 0.717) is 31.5 Å². The van der Waals surface area contributed by atoms with Crippen molar-refractivity contribution >= 4 is 11.8 Å². The minimum atomic E-state index is -0.304. The summed E-state index contributed by atoms with van der Waals surface area (Å²) in [6, 6.07) is 9.20. The summed E-state index contributed by atoms with van der Waals surface area (Å²) in [5.41, 5.74) is 1.23. The minimum Gasteiger partial charge on any atom is -0.467 e. The fourth-order valence-corrected chi connectivity index (χ4v) is 5.35. The second-order valence-electron chi connectivity index (χ2n) is 9.00. The smallest absolute Gasteiger partial charge is 0.250 e. The van der Waals surface area contributed by atoms with Crippen molar-refractivity contribution in [2.75, 3.05) is 32.7 Å². The molecule has 0 radical (unpaired) electrons. The molecule has 2 aromatic rings. The molecule has 3 aliphatic heterocycles. The Bertz CT molecular complexity index is 1010. The first-order chi connectivity index (χ1) is 15.1. The molecule has 3 atom stereocenters. The average molecular weight is 425 g/mol. The number of carbonyl (C=O) groups excluding carboxylic acids is 2. The van der Waals surface area contributed by atoms with Crippen molar-refractivity contribution in [3.8, 4) is 0 Å². The van der Waals surface area contributed by atoms with E-state index in [2.05, 4.69) is 16.3 Å². The lowest BCUT2D eigenvalue weighted by Gasteiger charge is -2.42. The van der Waals surface area contributed by atoms with Gasteiger partial charge in [-0.3, -0.25) is 14.4 Å². The zero-order valence-electron chi connectivity index (χ0n) is 17.5. The van der Waals surface area contributed by atoms with Gasteiger partial charge in [-0.25, -0.2) is 0 Å². The summed E-state index contributed by atoms with van der Waals surface area (Å²) in [4.78, 5) is 41.1. The van der Waals surface area contributed by atoms with Gasteiger partial charge in [0.25, 0.3) is 5.56 Å². The number of furan rings is 1. The predicted molar refractivity (Wildman–Crippen MR) is 113 cm³/mol. The molecule has 2 amide bonds. The molecular formula is C23H28N4O4. The number of aromatic nitrogens is 1. The maximum Gasteiger partial charge on any atom is 0.250 e. The van der Waals surface area contributed by atoms with E-state index in [1.54, 1.807) is 23.3 Å². The summed E-state index contributed by atoms with van der Waals surface area (Å²) < 4.78 is 7.25. The highest BCUT2D eigenvalue weighted by atomic mass is 16.3. The molecule has 5 heterocycles. The molecule has 3 aliphatic rings. The Hall–Kier alpha value is -2.87. The highest BCUT2D eigenvalue weighted by Gasteiger charge is 2.36. The molecule has 164 valence electrons. The highest BCUT2D eigenvalue weighted by molar-refractivity contribution is 5.89. The summed E-state index contributed by atoms with van der Waals surface area (Å²) in [5, 5.41) is 3.03. The van der Waals surface area contributed by atoms with E-state index in [1.807, 2.05) is 16.7 Å². The standard InChI is InChI=1S/C23H28N4O4/c28-21-5-1-4-20-17-9-16(12-27(20)21)11-25(13-17)7-6-24-23(30)18-10-22(29)26(14-18)15-19-3-2-8-31-19/h1-5,8,16-18H,6-7,9-15H2,(H,24,30). The van der Waals surface area contributed by atoms with Crippen molar-refractivity contribution in [2.24, 2.45) is 11.8 Å². The number of hydrogen-bond acceptors (Lipinski definition) is 5. The number of fused-ring (bicyclic) bond motifs is 4. The van der Waals surface area contributed by atoms with Crippen LogP contribution in [0.4, 0.5) is 0 Å². The van der Waals surface area contributed by atoms with Crippen LogP contribution in [0.5, 0.6) is 0 Å². The van der Waals surface area contributed by atoms with Gasteiger partial charge in [-0.1, -0.05) is 6.07 Å². The van der Waals surface area contributed by atoms with E-state index >= 15 is 0 Å². The first-order valence-corrected chi connectivity index (χ1v) is 11.1. The lowest BCUT2D eigenvalue weighted by Crippen LogP contribution is -2.49. The SMILES string of the molecule is O=C(NCCN1CC2CC(C1)c1cccc(=O)n1C2)C1CC(=O)N(Cc2ccco2)C1. The molecule has 1 N–H and O–H groups in total. The van der Waals surface area contributed by atoms with Crippen molar-refractivity contribution in [3.05, 3.63) is 58.4 Å². The Kier molecular flexibility index (Phi) is 5.40. The molecule has 2 fully saturated rings. The third kappa shape index (κ3) is 4.17. The molecule has 0 aliphatic carbocycles. The number of nitrogens with one attached hydrogen (secondary N) is 1. The van der Waals surface area contributed by atoms with Crippen LogP contribution in [0, 0.1) is 11.8 Å². The van der Waals surface area contributed by atoms with Gasteiger partial charge in [0.2, 0.25) is 11.8 Å². The number of carbonyl (C=O) groups is 2. The highest BCUT2D eigenvalue weighted by Crippen LogP contribution is 2.34. The zero-order valence-corrected chi connectivity index (χ0v) is 17.5. The minimum absolute atomic E-state index is 0.00527. The van der Waals surface area contributed by atoms with Crippen LogP contribution in [0.25, 0.3) is 0 Å². The quantitative estimate of drug-likeness (QED) is 0.748. The van der Waals surface area contributed by atoms with E-state index in [1.165, 1.54) is 0 Å². The van der Waals surface area contributed by atoms with E-state index in [0.717, 1.165) is 44.1 Å². The van der Waals surface area contributed by atoms with E-state index < -0.39 is 0 Å². The molecule has 31 heavy (non-hydrogen) atoms. The Morgan fingerprint density at radius 2 is 2.00 bits per heavy atom. The molecule has 2 aromatic heterocycles. The second-order valence-corrected chi connectivity index (χ2v) is 9.00. The van der Waals surface area contributed by atoms with Crippen LogP contribution in [0.2, 0.25) is 0 Å². The van der Waals surface area contributed by atoms with E-state index in [9.17, 15) is 14.4 Å². The Morgan fingerprint density at radius 3 is 2.84 bits per heavy atom. The molecule has 5 rings (SSSR count). The van der Waals surface area contributed by atoms with Crippen molar-refractivity contribution in [3.63, 3.8) is 0 Å². The maximum atomic E-state index is 12.6. The molecule has 0 spiro atoms. The Morgan fingerprint density at radius 1 is 1.10 bits per heavy atom. The van der Waals surface area contributed by atoms with Gasteiger partial charge in [0.05, 0.1) is 18.7 Å². The molecule has 0 saturated carbocycles. The number of piperidine rings is 1. The van der Waals surface area contributed by atoms with Crippen molar-refractivity contribution < 1.29 is 14.0 Å². The lowest BCUT2D eigenvalue weighted by molar-refractivity contribution is -0.129. The average Bonchev–Trinajstić information content (AvgIpc) is 3.39. The fourth-order valence-electron chi connectivity index (χ4n) is 5.35. The van der Waals surface area contributed by atoms with E-state index in [4.69, 9.17) is 4.42 Å². The van der Waals surface area contributed by atoms with Crippen molar-refractivity contribution in [2.45, 2.75) is 31.8 Å². The third-order valence-electron chi connectivity index (χ3n) is 6.79. The first-order valence-electron chi connectivity index (χ1n) is 11.1. The van der Waals surface area contributed by atoms with Crippen LogP contribution < -0.4 is 10.9 Å².